The number of aromatic nitrogens is 3. The number of anilines is 1. The number of aryl methyl sites for hydroxylation is 1. The maximum absolute atomic E-state index is 13.8. The number of amides is 1. The lowest BCUT2D eigenvalue weighted by atomic mass is 10.2. The van der Waals surface area contributed by atoms with Gasteiger partial charge < -0.3 is 10.3 Å². The quantitative estimate of drug-likeness (QED) is 0.741. The van der Waals surface area contributed by atoms with E-state index in [1.54, 1.807) is 19.1 Å². The molecule has 128 valence electrons. The van der Waals surface area contributed by atoms with E-state index in [0.717, 1.165) is 28.0 Å². The van der Waals surface area contributed by atoms with Gasteiger partial charge >= 0.3 is 5.69 Å². The van der Waals surface area contributed by atoms with E-state index >= 15 is 0 Å². The summed E-state index contributed by atoms with van der Waals surface area (Å²) in [6, 6.07) is 7.46. The average Bonchev–Trinajstić information content (AvgIpc) is 2.98. The van der Waals surface area contributed by atoms with Crippen molar-refractivity contribution in [2.45, 2.75) is 13.5 Å². The first-order chi connectivity index (χ1) is 12.0. The molecule has 1 amide bonds. The van der Waals surface area contributed by atoms with Gasteiger partial charge in [-0.15, -0.1) is 0 Å². The van der Waals surface area contributed by atoms with Crippen molar-refractivity contribution < 1.29 is 9.18 Å². The zero-order valence-electron chi connectivity index (χ0n) is 13.1. The van der Waals surface area contributed by atoms with Gasteiger partial charge in [-0.25, -0.2) is 9.18 Å². The van der Waals surface area contributed by atoms with Gasteiger partial charge in [0.05, 0.1) is 12.2 Å². The van der Waals surface area contributed by atoms with E-state index < -0.39 is 23.0 Å². The Hall–Kier alpha value is -3.07. The first-order valence-corrected chi connectivity index (χ1v) is 8.03. The summed E-state index contributed by atoms with van der Waals surface area (Å²) < 4.78 is 18.6. The lowest BCUT2D eigenvalue weighted by Crippen LogP contribution is -2.39. The summed E-state index contributed by atoms with van der Waals surface area (Å²) >= 11 is 1.08. The molecule has 1 aromatic carbocycles. The summed E-state index contributed by atoms with van der Waals surface area (Å²) in [5, 5.41) is 3.03. The Morgan fingerprint density at radius 1 is 1.36 bits per heavy atom. The molecule has 9 heteroatoms. The summed E-state index contributed by atoms with van der Waals surface area (Å²) in [7, 11) is 0. The van der Waals surface area contributed by atoms with Crippen LogP contribution in [-0.4, -0.2) is 19.8 Å². The number of benzene rings is 1. The first kappa shape index (κ1) is 16.8. The molecule has 0 saturated heterocycles. The molecule has 0 radical (unpaired) electrons. The minimum Gasteiger partial charge on any atom is -0.313 e. The van der Waals surface area contributed by atoms with Crippen LogP contribution in [0.5, 0.6) is 0 Å². The van der Waals surface area contributed by atoms with E-state index in [1.165, 1.54) is 18.2 Å². The average molecular weight is 360 g/mol. The Balaban J connectivity index is 1.94. The van der Waals surface area contributed by atoms with Gasteiger partial charge in [-0.3, -0.25) is 14.2 Å². The molecule has 0 aliphatic heterocycles. The van der Waals surface area contributed by atoms with Gasteiger partial charge in [-0.05, 0) is 30.6 Å². The number of halogens is 1. The molecule has 0 unspecified atom stereocenters. The maximum Gasteiger partial charge on any atom is 0.328 e. The summed E-state index contributed by atoms with van der Waals surface area (Å²) in [6.07, 6.45) is 1.05. The molecule has 2 N–H and O–H groups in total. The van der Waals surface area contributed by atoms with Crippen LogP contribution in [0.1, 0.15) is 21.6 Å². The minimum absolute atomic E-state index is 0.172. The SMILES string of the molecule is Cc1cc(NC(=O)c2c[nH]c(=O)n(Cc3ccccc3F)c2=O)sn1. The van der Waals surface area contributed by atoms with E-state index in [2.05, 4.69) is 14.7 Å². The van der Waals surface area contributed by atoms with Crippen LogP contribution < -0.4 is 16.6 Å². The van der Waals surface area contributed by atoms with Gasteiger partial charge in [0.1, 0.15) is 16.4 Å². The number of nitrogens with zero attached hydrogens (tertiary/aromatic N) is 2. The lowest BCUT2D eigenvalue weighted by Gasteiger charge is -2.08. The molecule has 0 spiro atoms. The van der Waals surface area contributed by atoms with Crippen LogP contribution in [-0.2, 0) is 6.54 Å². The Morgan fingerprint density at radius 2 is 2.12 bits per heavy atom. The number of nitrogens with one attached hydrogen (secondary N) is 2. The van der Waals surface area contributed by atoms with Crippen LogP contribution in [0.2, 0.25) is 0 Å². The molecule has 0 fully saturated rings. The standard InChI is InChI=1S/C16H13FN4O3S/c1-9-6-13(25-20-9)19-14(22)11-7-18-16(24)21(15(11)23)8-10-4-2-3-5-12(10)17/h2-7H,8H2,1H3,(H,18,24)(H,19,22). The number of rotatable bonds is 4. The number of carbonyl (C=O) groups excluding carboxylic acids is 1. The molecule has 7 nitrogen and oxygen atoms in total. The van der Waals surface area contributed by atoms with E-state index in [0.29, 0.717) is 5.00 Å². The fraction of sp³-hybridized carbons (Fsp3) is 0.125. The van der Waals surface area contributed by atoms with Gasteiger partial charge in [0.2, 0.25) is 0 Å². The van der Waals surface area contributed by atoms with Crippen molar-refractivity contribution in [3.8, 4) is 0 Å². The number of hydrogen-bond donors (Lipinski definition) is 2. The summed E-state index contributed by atoms with van der Waals surface area (Å²) in [5.74, 6) is -1.21. The highest BCUT2D eigenvalue weighted by Crippen LogP contribution is 2.15. The smallest absolute Gasteiger partial charge is 0.313 e. The molecule has 25 heavy (non-hydrogen) atoms. The molecule has 2 aromatic heterocycles. The molecule has 3 aromatic rings. The van der Waals surface area contributed by atoms with E-state index in [9.17, 15) is 18.8 Å². The fourth-order valence-electron chi connectivity index (χ4n) is 2.22. The highest BCUT2D eigenvalue weighted by molar-refractivity contribution is 7.10. The van der Waals surface area contributed by atoms with Gasteiger partial charge in [0.15, 0.2) is 0 Å². The zero-order valence-corrected chi connectivity index (χ0v) is 13.9. The van der Waals surface area contributed by atoms with Crippen molar-refractivity contribution >= 4 is 22.4 Å². The molecule has 2 heterocycles. The van der Waals surface area contributed by atoms with Crippen molar-refractivity contribution in [3.05, 3.63) is 80.0 Å². The second kappa shape index (κ2) is 6.81. The largest absolute Gasteiger partial charge is 0.328 e. The third-order valence-electron chi connectivity index (χ3n) is 3.46. The van der Waals surface area contributed by atoms with Gasteiger partial charge in [-0.1, -0.05) is 18.2 Å². The maximum atomic E-state index is 13.8. The Kier molecular flexibility index (Phi) is 4.57. The minimum atomic E-state index is -0.800. The molecule has 0 aliphatic rings. The predicted octanol–water partition coefficient (Wildman–Crippen LogP) is 1.74. The molecule has 0 saturated carbocycles. The van der Waals surface area contributed by atoms with Crippen LogP contribution >= 0.6 is 11.5 Å². The van der Waals surface area contributed by atoms with E-state index in [1.807, 2.05) is 0 Å². The Labute approximate surface area is 144 Å². The number of H-pyrrole nitrogens is 1. The van der Waals surface area contributed by atoms with Gasteiger partial charge in [0.25, 0.3) is 11.5 Å². The second-order valence-corrected chi connectivity index (χ2v) is 6.08. The topological polar surface area (TPSA) is 96.9 Å². The number of hydrogen-bond acceptors (Lipinski definition) is 5. The van der Waals surface area contributed by atoms with E-state index in [4.69, 9.17) is 0 Å². The van der Waals surface area contributed by atoms with Crippen LogP contribution in [0.4, 0.5) is 9.39 Å². The van der Waals surface area contributed by atoms with Crippen LogP contribution in [0.15, 0.2) is 46.1 Å². The predicted molar refractivity (Wildman–Crippen MR) is 91.6 cm³/mol. The van der Waals surface area contributed by atoms with Crippen LogP contribution in [0.25, 0.3) is 0 Å². The van der Waals surface area contributed by atoms with E-state index in [-0.39, 0.29) is 17.7 Å². The highest BCUT2D eigenvalue weighted by atomic mass is 32.1. The van der Waals surface area contributed by atoms with Crippen molar-refractivity contribution in [2.75, 3.05) is 5.32 Å². The second-order valence-electron chi connectivity index (χ2n) is 5.28. The normalized spacial score (nSPS) is 10.6. The number of carbonyl (C=O) groups is 1. The Morgan fingerprint density at radius 3 is 2.80 bits per heavy atom. The number of aromatic amines is 1. The zero-order chi connectivity index (χ0) is 18.0. The first-order valence-electron chi connectivity index (χ1n) is 7.26. The van der Waals surface area contributed by atoms with Gasteiger partial charge in [0, 0.05) is 11.8 Å². The third-order valence-corrected chi connectivity index (χ3v) is 4.25. The molecule has 0 atom stereocenters. The molecule has 3 rings (SSSR count). The van der Waals surface area contributed by atoms with Gasteiger partial charge in [-0.2, -0.15) is 4.37 Å². The summed E-state index contributed by atoms with van der Waals surface area (Å²) in [5.41, 5.74) is -0.865. The lowest BCUT2D eigenvalue weighted by molar-refractivity contribution is 0.102. The summed E-state index contributed by atoms with van der Waals surface area (Å²) in [4.78, 5) is 39.0. The van der Waals surface area contributed by atoms with Crippen LogP contribution in [0.3, 0.4) is 0 Å². The third kappa shape index (κ3) is 3.56. The van der Waals surface area contributed by atoms with Crippen molar-refractivity contribution in [1.29, 1.82) is 0 Å². The van der Waals surface area contributed by atoms with Crippen molar-refractivity contribution in [2.24, 2.45) is 0 Å². The molecular weight excluding hydrogens is 347 g/mol. The summed E-state index contributed by atoms with van der Waals surface area (Å²) in [6.45, 7) is 1.50. The highest BCUT2D eigenvalue weighted by Gasteiger charge is 2.16. The Bertz CT molecular complexity index is 1050. The van der Waals surface area contributed by atoms with Crippen molar-refractivity contribution in [3.63, 3.8) is 0 Å². The monoisotopic (exact) mass is 360 g/mol. The molecule has 0 aliphatic carbocycles. The molecule has 0 bridgehead atoms. The van der Waals surface area contributed by atoms with Crippen molar-refractivity contribution in [1.82, 2.24) is 13.9 Å². The van der Waals surface area contributed by atoms with Crippen LogP contribution in [0, 0.1) is 12.7 Å². The molecular formula is C16H13FN4O3S. The fourth-order valence-corrected chi connectivity index (χ4v) is 2.87.